The summed E-state index contributed by atoms with van der Waals surface area (Å²) in [6.45, 7) is 8.55. The summed E-state index contributed by atoms with van der Waals surface area (Å²) in [5.74, 6) is 0.343. The van der Waals surface area contributed by atoms with E-state index in [9.17, 15) is 15.2 Å². The number of hydrazone groups is 1. The van der Waals surface area contributed by atoms with Gasteiger partial charge in [-0.25, -0.2) is 0 Å². The lowest BCUT2D eigenvalue weighted by Gasteiger charge is -2.22. The third-order valence-corrected chi connectivity index (χ3v) is 5.28. The molecule has 0 spiro atoms. The molecule has 0 radical (unpaired) electrons. The van der Waals surface area contributed by atoms with E-state index < -0.39 is 4.92 Å². The molecule has 0 aliphatic rings. The Morgan fingerprint density at radius 2 is 1.68 bits per heavy atom. The minimum Gasteiger partial charge on any atom is -0.508 e. The van der Waals surface area contributed by atoms with Crippen molar-refractivity contribution >= 4 is 17.6 Å². The summed E-state index contributed by atoms with van der Waals surface area (Å²) >= 11 is 0. The SMILES string of the molecule is C[C@H](c1ccc(N/N=C/c2ccc([N+](=O)[O-])cc2)cc1)c1cc(C(C)(C)C)ccc1O. The fourth-order valence-electron chi connectivity index (χ4n) is 3.26. The highest BCUT2D eigenvalue weighted by molar-refractivity contribution is 5.80. The summed E-state index contributed by atoms with van der Waals surface area (Å²) in [4.78, 5) is 10.3. The molecule has 31 heavy (non-hydrogen) atoms. The van der Waals surface area contributed by atoms with Crippen molar-refractivity contribution in [3.8, 4) is 5.75 Å². The minimum atomic E-state index is -0.430. The monoisotopic (exact) mass is 417 g/mol. The molecule has 6 heteroatoms. The molecule has 0 heterocycles. The second-order valence-electron chi connectivity index (χ2n) is 8.59. The van der Waals surface area contributed by atoms with Gasteiger partial charge in [-0.2, -0.15) is 5.10 Å². The molecule has 0 aliphatic heterocycles. The van der Waals surface area contributed by atoms with Gasteiger partial charge in [-0.15, -0.1) is 0 Å². The Bertz CT molecular complexity index is 1080. The molecule has 0 bridgehead atoms. The van der Waals surface area contributed by atoms with E-state index >= 15 is 0 Å². The second kappa shape index (κ2) is 9.00. The molecule has 0 amide bonds. The molecule has 0 saturated carbocycles. The number of rotatable bonds is 6. The first kappa shape index (κ1) is 22.0. The molecule has 0 aliphatic carbocycles. The molecule has 0 saturated heterocycles. The van der Waals surface area contributed by atoms with E-state index in [-0.39, 0.29) is 17.0 Å². The van der Waals surface area contributed by atoms with Crippen molar-refractivity contribution in [1.29, 1.82) is 0 Å². The molecule has 6 nitrogen and oxygen atoms in total. The molecular weight excluding hydrogens is 390 g/mol. The number of nitrogens with one attached hydrogen (secondary N) is 1. The van der Waals surface area contributed by atoms with E-state index in [1.165, 1.54) is 17.7 Å². The van der Waals surface area contributed by atoms with Gasteiger partial charge in [-0.1, -0.05) is 52.0 Å². The van der Waals surface area contributed by atoms with Crippen LogP contribution in [0.2, 0.25) is 0 Å². The Morgan fingerprint density at radius 1 is 1.03 bits per heavy atom. The van der Waals surface area contributed by atoms with E-state index in [1.807, 2.05) is 30.3 Å². The van der Waals surface area contributed by atoms with E-state index in [1.54, 1.807) is 24.4 Å². The first-order chi connectivity index (χ1) is 14.6. The zero-order chi connectivity index (χ0) is 22.6. The molecule has 3 rings (SSSR count). The zero-order valence-corrected chi connectivity index (χ0v) is 18.2. The average molecular weight is 418 g/mol. The highest BCUT2D eigenvalue weighted by Crippen LogP contribution is 2.35. The fourth-order valence-corrected chi connectivity index (χ4v) is 3.26. The van der Waals surface area contributed by atoms with Crippen LogP contribution in [0.1, 0.15) is 55.9 Å². The smallest absolute Gasteiger partial charge is 0.269 e. The molecule has 3 aromatic carbocycles. The molecular formula is C25H27N3O3. The van der Waals surface area contributed by atoms with Gasteiger partial charge in [0.15, 0.2) is 0 Å². The van der Waals surface area contributed by atoms with Crippen LogP contribution in [0.4, 0.5) is 11.4 Å². The van der Waals surface area contributed by atoms with Crippen LogP contribution in [0.5, 0.6) is 5.75 Å². The van der Waals surface area contributed by atoms with Crippen molar-refractivity contribution in [3.63, 3.8) is 0 Å². The predicted molar refractivity (Wildman–Crippen MR) is 125 cm³/mol. The molecule has 3 aromatic rings. The van der Waals surface area contributed by atoms with E-state index in [4.69, 9.17) is 0 Å². The Labute approximate surface area is 182 Å². The predicted octanol–water partition coefficient (Wildman–Crippen LogP) is 6.20. The molecule has 160 valence electrons. The quantitative estimate of drug-likeness (QED) is 0.284. The van der Waals surface area contributed by atoms with Crippen LogP contribution < -0.4 is 5.43 Å². The summed E-state index contributed by atoms with van der Waals surface area (Å²) in [6, 6.07) is 19.9. The van der Waals surface area contributed by atoms with Crippen LogP contribution >= 0.6 is 0 Å². The highest BCUT2D eigenvalue weighted by atomic mass is 16.6. The van der Waals surface area contributed by atoms with Crippen molar-refractivity contribution < 1.29 is 10.0 Å². The van der Waals surface area contributed by atoms with Gasteiger partial charge in [-0.3, -0.25) is 15.5 Å². The lowest BCUT2D eigenvalue weighted by Crippen LogP contribution is -2.12. The first-order valence-electron chi connectivity index (χ1n) is 10.1. The number of nitro groups is 1. The van der Waals surface area contributed by atoms with Crippen LogP contribution in [0, 0.1) is 10.1 Å². The zero-order valence-electron chi connectivity index (χ0n) is 18.2. The van der Waals surface area contributed by atoms with Gasteiger partial charge in [0.05, 0.1) is 16.8 Å². The van der Waals surface area contributed by atoms with Gasteiger partial charge in [0.25, 0.3) is 5.69 Å². The Balaban J connectivity index is 1.69. The average Bonchev–Trinajstić information content (AvgIpc) is 2.73. The normalized spacial score (nSPS) is 12.6. The topological polar surface area (TPSA) is 87.8 Å². The first-order valence-corrected chi connectivity index (χ1v) is 10.1. The van der Waals surface area contributed by atoms with Crippen LogP contribution in [0.25, 0.3) is 0 Å². The van der Waals surface area contributed by atoms with E-state index in [2.05, 4.69) is 44.3 Å². The second-order valence-corrected chi connectivity index (χ2v) is 8.59. The Morgan fingerprint density at radius 3 is 2.26 bits per heavy atom. The highest BCUT2D eigenvalue weighted by Gasteiger charge is 2.19. The standard InChI is InChI=1S/C25H27N3O3/c1-17(23-15-20(25(2,3)4)9-14-24(23)29)19-7-10-21(11-8-19)27-26-16-18-5-12-22(13-6-18)28(30)31/h5-17,27,29H,1-4H3/b26-16+/t17-/m1/s1. The van der Waals surface area contributed by atoms with Gasteiger partial charge >= 0.3 is 0 Å². The molecule has 0 unspecified atom stereocenters. The van der Waals surface area contributed by atoms with Gasteiger partial charge in [0, 0.05) is 23.6 Å². The summed E-state index contributed by atoms with van der Waals surface area (Å²) in [5.41, 5.74) is 7.79. The summed E-state index contributed by atoms with van der Waals surface area (Å²) < 4.78 is 0. The van der Waals surface area contributed by atoms with Crippen molar-refractivity contribution in [2.45, 2.75) is 39.0 Å². The molecule has 0 aromatic heterocycles. The maximum Gasteiger partial charge on any atom is 0.269 e. The lowest BCUT2D eigenvalue weighted by molar-refractivity contribution is -0.384. The van der Waals surface area contributed by atoms with Crippen molar-refractivity contribution in [2.75, 3.05) is 5.43 Å². The number of non-ortho nitro benzene ring substituents is 1. The summed E-state index contributed by atoms with van der Waals surface area (Å²) in [5, 5.41) is 25.3. The number of anilines is 1. The maximum absolute atomic E-state index is 10.7. The third kappa shape index (κ3) is 5.48. The number of phenolic OH excluding ortho intramolecular Hbond substituents is 1. The number of nitro benzene ring substituents is 1. The van der Waals surface area contributed by atoms with Gasteiger partial charge in [-0.05, 0) is 52.4 Å². The summed E-state index contributed by atoms with van der Waals surface area (Å²) in [6.07, 6.45) is 1.61. The Hall–Kier alpha value is -3.67. The van der Waals surface area contributed by atoms with Crippen LogP contribution in [0.3, 0.4) is 0 Å². The largest absolute Gasteiger partial charge is 0.508 e. The number of benzene rings is 3. The van der Waals surface area contributed by atoms with Crippen LogP contribution in [0.15, 0.2) is 71.8 Å². The van der Waals surface area contributed by atoms with Crippen molar-refractivity contribution in [2.24, 2.45) is 5.10 Å². The third-order valence-electron chi connectivity index (χ3n) is 5.28. The van der Waals surface area contributed by atoms with E-state index in [0.717, 1.165) is 22.4 Å². The fraction of sp³-hybridized carbons (Fsp3) is 0.240. The lowest BCUT2D eigenvalue weighted by atomic mass is 9.83. The molecule has 0 fully saturated rings. The number of aromatic hydroxyl groups is 1. The van der Waals surface area contributed by atoms with Gasteiger partial charge in [0.2, 0.25) is 0 Å². The minimum absolute atomic E-state index is 0.0115. The molecule has 1 atom stereocenters. The van der Waals surface area contributed by atoms with E-state index in [0.29, 0.717) is 5.75 Å². The van der Waals surface area contributed by atoms with Crippen LogP contribution in [-0.4, -0.2) is 16.2 Å². The van der Waals surface area contributed by atoms with Gasteiger partial charge < -0.3 is 5.11 Å². The summed E-state index contributed by atoms with van der Waals surface area (Å²) in [7, 11) is 0. The van der Waals surface area contributed by atoms with Crippen LogP contribution in [-0.2, 0) is 5.41 Å². The van der Waals surface area contributed by atoms with Crippen molar-refractivity contribution in [3.05, 3.63) is 99.1 Å². The number of hydrogen-bond donors (Lipinski definition) is 2. The number of nitrogens with zero attached hydrogens (tertiary/aromatic N) is 2. The van der Waals surface area contributed by atoms with Gasteiger partial charge in [0.1, 0.15) is 5.75 Å². The number of phenols is 1. The number of hydrogen-bond acceptors (Lipinski definition) is 5. The Kier molecular flexibility index (Phi) is 6.39. The van der Waals surface area contributed by atoms with Crippen molar-refractivity contribution in [1.82, 2.24) is 0 Å². The molecule has 2 N–H and O–H groups in total. The maximum atomic E-state index is 10.7.